The Morgan fingerprint density at radius 2 is 1.91 bits per heavy atom. The monoisotopic (exact) mass is 458 g/mol. The van der Waals surface area contributed by atoms with Crippen molar-refractivity contribution in [2.24, 2.45) is 0 Å². The third-order valence-electron chi connectivity index (χ3n) is 6.01. The molecule has 1 fully saturated rings. The molecule has 2 heterocycles. The van der Waals surface area contributed by atoms with E-state index in [0.29, 0.717) is 36.5 Å². The maximum absolute atomic E-state index is 14.8. The number of anilines is 1. The number of likely N-dealkylation sites (N-methyl/N-ethyl adjacent to an activating group) is 1. The second kappa shape index (κ2) is 9.02. The molecule has 3 aromatic rings. The van der Waals surface area contributed by atoms with E-state index in [2.05, 4.69) is 5.32 Å². The van der Waals surface area contributed by atoms with Gasteiger partial charge in [-0.05, 0) is 60.9 Å². The summed E-state index contributed by atoms with van der Waals surface area (Å²) in [6.07, 6.45) is 2.06. The molecule has 6 nitrogen and oxygen atoms in total. The number of hydrogen-bond donors (Lipinski definition) is 1. The quantitative estimate of drug-likeness (QED) is 0.496. The lowest BCUT2D eigenvalue weighted by Crippen LogP contribution is -2.34. The molecule has 172 valence electrons. The molecule has 1 saturated heterocycles. The molecule has 1 unspecified atom stereocenters. The Kier molecular flexibility index (Phi) is 5.76. The van der Waals surface area contributed by atoms with Gasteiger partial charge in [0.05, 0.1) is 6.04 Å². The van der Waals surface area contributed by atoms with Crippen LogP contribution in [0.15, 0.2) is 66.7 Å². The van der Waals surface area contributed by atoms with Crippen molar-refractivity contribution < 1.29 is 23.5 Å². The zero-order valence-corrected chi connectivity index (χ0v) is 18.6. The lowest BCUT2D eigenvalue weighted by atomic mass is 10.0. The molecule has 1 atom stereocenters. The fourth-order valence-corrected chi connectivity index (χ4v) is 4.28. The second-order valence-electron chi connectivity index (χ2n) is 8.21. The first kappa shape index (κ1) is 21.7. The van der Waals surface area contributed by atoms with E-state index >= 15 is 0 Å². The Labute approximate surface area is 196 Å². The number of nitrogens with zero attached hydrogens (tertiary/aromatic N) is 1. The van der Waals surface area contributed by atoms with Crippen LogP contribution in [0.4, 0.5) is 14.9 Å². The standard InChI is InChI=1S/C27H23FN2O4/c1-2-30-19(16-33-27(30)32)13-17-7-10-20(11-8-17)34-25-12-9-18(15-23(25)28)14-22-21-5-3-4-6-24(21)29-26(22)31/h3-12,14-15,19H,2,13,16H2,1H3,(H,29,31). The molecule has 0 spiro atoms. The Morgan fingerprint density at radius 1 is 1.12 bits per heavy atom. The van der Waals surface area contributed by atoms with Gasteiger partial charge in [0.2, 0.25) is 0 Å². The number of benzene rings is 3. The fourth-order valence-electron chi connectivity index (χ4n) is 4.28. The number of carbonyl (C=O) groups excluding carboxylic acids is 2. The summed E-state index contributed by atoms with van der Waals surface area (Å²) >= 11 is 0. The summed E-state index contributed by atoms with van der Waals surface area (Å²) < 4.78 is 25.6. The van der Waals surface area contributed by atoms with Gasteiger partial charge in [-0.3, -0.25) is 4.79 Å². The van der Waals surface area contributed by atoms with Crippen molar-refractivity contribution in [3.8, 4) is 11.5 Å². The second-order valence-corrected chi connectivity index (χ2v) is 8.21. The highest BCUT2D eigenvalue weighted by molar-refractivity contribution is 6.34. The van der Waals surface area contributed by atoms with Gasteiger partial charge >= 0.3 is 6.09 Å². The fraction of sp³-hybridized carbons (Fsp3) is 0.185. The molecule has 7 heteroatoms. The van der Waals surface area contributed by atoms with Crippen LogP contribution in [0.2, 0.25) is 0 Å². The van der Waals surface area contributed by atoms with E-state index in [1.165, 1.54) is 6.07 Å². The summed E-state index contributed by atoms with van der Waals surface area (Å²) in [7, 11) is 0. The molecule has 0 saturated carbocycles. The number of nitrogens with one attached hydrogen (secondary N) is 1. The van der Waals surface area contributed by atoms with Crippen molar-refractivity contribution in [1.29, 1.82) is 0 Å². The lowest BCUT2D eigenvalue weighted by molar-refractivity contribution is -0.110. The van der Waals surface area contributed by atoms with E-state index < -0.39 is 5.82 Å². The van der Waals surface area contributed by atoms with Crippen molar-refractivity contribution in [3.63, 3.8) is 0 Å². The van der Waals surface area contributed by atoms with Gasteiger partial charge in [-0.2, -0.15) is 0 Å². The maximum atomic E-state index is 14.8. The maximum Gasteiger partial charge on any atom is 0.410 e. The first-order valence-corrected chi connectivity index (χ1v) is 11.1. The minimum absolute atomic E-state index is 0.0114. The topological polar surface area (TPSA) is 67.9 Å². The van der Waals surface area contributed by atoms with Crippen molar-refractivity contribution in [2.45, 2.75) is 19.4 Å². The number of amides is 2. The Hall–Kier alpha value is -4.13. The zero-order chi connectivity index (χ0) is 23.7. The van der Waals surface area contributed by atoms with E-state index in [1.54, 1.807) is 35.2 Å². The lowest BCUT2D eigenvalue weighted by Gasteiger charge is -2.19. The first-order valence-electron chi connectivity index (χ1n) is 11.1. The average molecular weight is 458 g/mol. The largest absolute Gasteiger partial charge is 0.454 e. The molecule has 2 aliphatic heterocycles. The number of cyclic esters (lactones) is 1. The highest BCUT2D eigenvalue weighted by Crippen LogP contribution is 2.33. The van der Waals surface area contributed by atoms with Crippen LogP contribution in [-0.2, 0) is 16.0 Å². The Bertz CT molecular complexity index is 1290. The first-order chi connectivity index (χ1) is 16.5. The van der Waals surface area contributed by atoms with E-state index in [1.807, 2.05) is 43.3 Å². The van der Waals surface area contributed by atoms with Crippen LogP contribution in [0, 0.1) is 5.82 Å². The van der Waals surface area contributed by atoms with Crippen molar-refractivity contribution in [2.75, 3.05) is 18.5 Å². The van der Waals surface area contributed by atoms with Crippen LogP contribution in [0.3, 0.4) is 0 Å². The summed E-state index contributed by atoms with van der Waals surface area (Å²) in [5.41, 5.74) is 3.64. The third kappa shape index (κ3) is 4.24. The van der Waals surface area contributed by atoms with Gasteiger partial charge in [0.1, 0.15) is 12.4 Å². The summed E-state index contributed by atoms with van der Waals surface area (Å²) in [5, 5.41) is 2.81. The van der Waals surface area contributed by atoms with Crippen LogP contribution in [0.25, 0.3) is 11.6 Å². The molecule has 0 aliphatic carbocycles. The van der Waals surface area contributed by atoms with E-state index in [0.717, 1.165) is 16.8 Å². The van der Waals surface area contributed by atoms with Crippen LogP contribution in [0.5, 0.6) is 11.5 Å². The smallest absolute Gasteiger partial charge is 0.410 e. The van der Waals surface area contributed by atoms with Crippen LogP contribution < -0.4 is 10.1 Å². The highest BCUT2D eigenvalue weighted by Gasteiger charge is 2.31. The number of carbonyl (C=O) groups is 2. The van der Waals surface area contributed by atoms with Gasteiger partial charge in [0, 0.05) is 23.4 Å². The van der Waals surface area contributed by atoms with E-state index in [9.17, 15) is 14.0 Å². The van der Waals surface area contributed by atoms with Crippen molar-refractivity contribution in [3.05, 3.63) is 89.2 Å². The van der Waals surface area contributed by atoms with Crippen LogP contribution in [0.1, 0.15) is 23.6 Å². The van der Waals surface area contributed by atoms with Gasteiger partial charge in [-0.1, -0.05) is 36.4 Å². The summed E-state index contributed by atoms with van der Waals surface area (Å²) in [4.78, 5) is 25.7. The molecule has 0 radical (unpaired) electrons. The minimum atomic E-state index is -0.523. The van der Waals surface area contributed by atoms with Gasteiger partial charge in [-0.15, -0.1) is 0 Å². The predicted molar refractivity (Wildman–Crippen MR) is 127 cm³/mol. The van der Waals surface area contributed by atoms with Crippen molar-refractivity contribution in [1.82, 2.24) is 4.90 Å². The normalized spacial score (nSPS) is 18.1. The van der Waals surface area contributed by atoms with Gasteiger partial charge < -0.3 is 19.7 Å². The van der Waals surface area contributed by atoms with Crippen molar-refractivity contribution >= 4 is 29.3 Å². The number of para-hydroxylation sites is 1. The summed E-state index contributed by atoms with van der Waals surface area (Å²) in [5.74, 6) is -0.134. The molecule has 3 aromatic carbocycles. The van der Waals surface area contributed by atoms with Crippen LogP contribution >= 0.6 is 0 Å². The van der Waals surface area contributed by atoms with Gasteiger partial charge in [-0.25, -0.2) is 9.18 Å². The number of halogens is 1. The molecule has 34 heavy (non-hydrogen) atoms. The number of rotatable bonds is 6. The van der Waals surface area contributed by atoms with Crippen LogP contribution in [-0.4, -0.2) is 36.1 Å². The Morgan fingerprint density at radius 3 is 2.68 bits per heavy atom. The Balaban J connectivity index is 1.28. The molecule has 2 amide bonds. The highest BCUT2D eigenvalue weighted by atomic mass is 19.1. The minimum Gasteiger partial charge on any atom is -0.454 e. The zero-order valence-electron chi connectivity index (χ0n) is 18.6. The van der Waals surface area contributed by atoms with Gasteiger partial charge in [0.25, 0.3) is 5.91 Å². The third-order valence-corrected chi connectivity index (χ3v) is 6.01. The molecule has 2 aliphatic rings. The SMILES string of the molecule is CCN1C(=O)OCC1Cc1ccc(Oc2ccc(C=C3C(=O)Nc4ccccc43)cc2F)cc1. The molecular weight excluding hydrogens is 435 g/mol. The molecule has 5 rings (SSSR count). The number of hydrogen-bond acceptors (Lipinski definition) is 4. The predicted octanol–water partition coefficient (Wildman–Crippen LogP) is 5.49. The van der Waals surface area contributed by atoms with E-state index in [4.69, 9.17) is 9.47 Å². The summed E-state index contributed by atoms with van der Waals surface area (Å²) in [6, 6.07) is 19.4. The molecule has 0 aromatic heterocycles. The number of fused-ring (bicyclic) bond motifs is 1. The summed E-state index contributed by atoms with van der Waals surface area (Å²) in [6.45, 7) is 2.91. The average Bonchev–Trinajstić information content (AvgIpc) is 3.35. The molecular formula is C27H23FN2O4. The number of ether oxygens (including phenoxy) is 2. The van der Waals surface area contributed by atoms with E-state index in [-0.39, 0.29) is 23.8 Å². The molecule has 1 N–H and O–H groups in total. The van der Waals surface area contributed by atoms with Gasteiger partial charge in [0.15, 0.2) is 11.6 Å². The molecule has 0 bridgehead atoms.